The van der Waals surface area contributed by atoms with Gasteiger partial charge in [0, 0.05) is 11.3 Å². The highest BCUT2D eigenvalue weighted by molar-refractivity contribution is 8.00. The molecule has 5 nitrogen and oxygen atoms in total. The van der Waals surface area contributed by atoms with Gasteiger partial charge in [0.25, 0.3) is 10.0 Å². The van der Waals surface area contributed by atoms with Gasteiger partial charge in [0.05, 0.1) is 12.5 Å². The molecule has 0 saturated heterocycles. The molecule has 2 rings (SSSR count). The molecular weight excluding hydrogens is 258 g/mol. The Balaban J connectivity index is 2.02. The van der Waals surface area contributed by atoms with E-state index in [1.165, 1.54) is 25.4 Å². The fraction of sp³-hybridized carbons (Fsp3) is 0.700. The van der Waals surface area contributed by atoms with Crippen LogP contribution in [0.2, 0.25) is 0 Å². The van der Waals surface area contributed by atoms with E-state index in [2.05, 4.69) is 20.9 Å². The first kappa shape index (κ1) is 12.9. The van der Waals surface area contributed by atoms with Gasteiger partial charge in [0.1, 0.15) is 0 Å². The van der Waals surface area contributed by atoms with Crippen LogP contribution in [0.4, 0.5) is 0 Å². The Morgan fingerprint density at radius 1 is 1.53 bits per heavy atom. The number of rotatable bonds is 5. The van der Waals surface area contributed by atoms with Crippen molar-refractivity contribution < 1.29 is 8.42 Å². The summed E-state index contributed by atoms with van der Waals surface area (Å²) in [7, 11) is -3.43. The van der Waals surface area contributed by atoms with E-state index in [-0.39, 0.29) is 9.77 Å². The van der Waals surface area contributed by atoms with E-state index in [1.807, 2.05) is 0 Å². The Labute approximate surface area is 106 Å². The van der Waals surface area contributed by atoms with Crippen LogP contribution in [0.25, 0.3) is 0 Å². The van der Waals surface area contributed by atoms with Gasteiger partial charge >= 0.3 is 0 Å². The molecule has 1 fully saturated rings. The van der Waals surface area contributed by atoms with Crippen LogP contribution in [0.3, 0.4) is 0 Å². The lowest BCUT2D eigenvalue weighted by atomic mass is 10.1. The second-order valence-electron chi connectivity index (χ2n) is 4.33. The zero-order valence-electron chi connectivity index (χ0n) is 9.77. The van der Waals surface area contributed by atoms with E-state index in [0.717, 1.165) is 12.8 Å². The molecule has 1 saturated carbocycles. The van der Waals surface area contributed by atoms with E-state index in [1.54, 1.807) is 11.8 Å². The molecule has 0 aromatic carbocycles. The summed E-state index contributed by atoms with van der Waals surface area (Å²) in [5.74, 6) is 0. The van der Waals surface area contributed by atoms with Crippen molar-refractivity contribution in [2.45, 2.75) is 35.5 Å². The highest BCUT2D eigenvalue weighted by atomic mass is 32.2. The van der Waals surface area contributed by atoms with Crippen LogP contribution < -0.4 is 4.72 Å². The summed E-state index contributed by atoms with van der Waals surface area (Å²) < 4.78 is 26.6. The normalized spacial score (nSPS) is 19.6. The van der Waals surface area contributed by atoms with Crippen LogP contribution >= 0.6 is 11.8 Å². The number of thioether (sulfide) groups is 1. The fourth-order valence-corrected chi connectivity index (χ4v) is 4.20. The number of aromatic amines is 1. The minimum absolute atomic E-state index is 0.0765. The van der Waals surface area contributed by atoms with Crippen LogP contribution in [0.1, 0.15) is 25.7 Å². The number of sulfonamides is 1. The Bertz CT molecular complexity index is 450. The van der Waals surface area contributed by atoms with E-state index in [0.29, 0.717) is 6.54 Å². The highest BCUT2D eigenvalue weighted by Crippen LogP contribution is 2.39. The smallest absolute Gasteiger partial charge is 0.257 e. The van der Waals surface area contributed by atoms with Crippen molar-refractivity contribution in [3.8, 4) is 0 Å². The molecule has 96 valence electrons. The molecule has 0 bridgehead atoms. The predicted molar refractivity (Wildman–Crippen MR) is 68.5 cm³/mol. The summed E-state index contributed by atoms with van der Waals surface area (Å²) in [5, 5.41) is 0.131. The van der Waals surface area contributed by atoms with Gasteiger partial charge in [-0.3, -0.25) is 0 Å². The predicted octanol–water partition coefficient (Wildman–Crippen LogP) is 1.36. The topological polar surface area (TPSA) is 74.8 Å². The Hall–Kier alpha value is -0.530. The lowest BCUT2D eigenvalue weighted by Gasteiger charge is -2.26. The standard InChI is InChI=1S/C10H17N3O2S2/c1-16-10(4-2-3-5-10)7-13-17(14,15)9-6-11-8-12-9/h6,8,13H,2-5,7H2,1H3,(H,11,12). The maximum absolute atomic E-state index is 11.9. The van der Waals surface area contributed by atoms with E-state index in [9.17, 15) is 8.42 Å². The van der Waals surface area contributed by atoms with Crippen molar-refractivity contribution in [1.82, 2.24) is 14.7 Å². The summed E-state index contributed by atoms with van der Waals surface area (Å²) in [4.78, 5) is 6.34. The third-order valence-electron chi connectivity index (χ3n) is 3.29. The molecule has 1 heterocycles. The zero-order chi connectivity index (χ0) is 12.4. The Kier molecular flexibility index (Phi) is 3.79. The average molecular weight is 275 g/mol. The maximum Gasteiger partial charge on any atom is 0.257 e. The summed E-state index contributed by atoms with van der Waals surface area (Å²) in [6, 6.07) is 0. The van der Waals surface area contributed by atoms with Crippen molar-refractivity contribution in [3.63, 3.8) is 0 Å². The first-order valence-electron chi connectivity index (χ1n) is 5.61. The van der Waals surface area contributed by atoms with Crippen molar-refractivity contribution in [2.75, 3.05) is 12.8 Å². The fourth-order valence-electron chi connectivity index (χ4n) is 2.17. The molecule has 0 atom stereocenters. The van der Waals surface area contributed by atoms with Gasteiger partial charge in [-0.15, -0.1) is 0 Å². The molecule has 2 N–H and O–H groups in total. The van der Waals surface area contributed by atoms with Gasteiger partial charge in [0.15, 0.2) is 5.03 Å². The number of H-pyrrole nitrogens is 1. The quantitative estimate of drug-likeness (QED) is 0.851. The lowest BCUT2D eigenvalue weighted by molar-refractivity contribution is 0.549. The first-order valence-corrected chi connectivity index (χ1v) is 8.32. The third-order valence-corrected chi connectivity index (χ3v) is 6.04. The van der Waals surface area contributed by atoms with Crippen molar-refractivity contribution >= 4 is 21.8 Å². The molecule has 7 heteroatoms. The molecule has 0 radical (unpaired) electrons. The van der Waals surface area contributed by atoms with Gasteiger partial charge < -0.3 is 4.98 Å². The number of nitrogens with one attached hydrogen (secondary N) is 2. The van der Waals surface area contributed by atoms with Crippen LogP contribution in [-0.2, 0) is 10.0 Å². The van der Waals surface area contributed by atoms with Gasteiger partial charge in [-0.2, -0.15) is 11.8 Å². The van der Waals surface area contributed by atoms with Gasteiger partial charge in [-0.25, -0.2) is 18.1 Å². The maximum atomic E-state index is 11.9. The van der Waals surface area contributed by atoms with Crippen LogP contribution in [-0.4, -0.2) is 35.9 Å². The molecule has 0 unspecified atom stereocenters. The van der Waals surface area contributed by atoms with Crippen LogP contribution in [0, 0.1) is 0 Å². The number of hydrogen-bond donors (Lipinski definition) is 2. The van der Waals surface area contributed by atoms with Crippen molar-refractivity contribution in [2.24, 2.45) is 0 Å². The molecular formula is C10H17N3O2S2. The molecule has 0 spiro atoms. The molecule has 17 heavy (non-hydrogen) atoms. The number of nitrogens with zero attached hydrogens (tertiary/aromatic N) is 1. The third kappa shape index (κ3) is 2.83. The van der Waals surface area contributed by atoms with Gasteiger partial charge in [0.2, 0.25) is 0 Å². The summed E-state index contributed by atoms with van der Waals surface area (Å²) >= 11 is 1.77. The number of hydrogen-bond acceptors (Lipinski definition) is 4. The number of imidazole rings is 1. The van der Waals surface area contributed by atoms with Gasteiger partial charge in [-0.1, -0.05) is 12.8 Å². The first-order chi connectivity index (χ1) is 8.08. The van der Waals surface area contributed by atoms with Crippen molar-refractivity contribution in [3.05, 3.63) is 12.5 Å². The molecule has 0 aliphatic heterocycles. The average Bonchev–Trinajstić information content (AvgIpc) is 2.99. The monoisotopic (exact) mass is 275 g/mol. The molecule has 1 aliphatic rings. The van der Waals surface area contributed by atoms with E-state index < -0.39 is 10.0 Å². The molecule has 1 aliphatic carbocycles. The largest absolute Gasteiger partial charge is 0.335 e. The van der Waals surface area contributed by atoms with Crippen molar-refractivity contribution in [1.29, 1.82) is 0 Å². The second kappa shape index (κ2) is 4.99. The SMILES string of the molecule is CSC1(CNS(=O)(=O)c2cnc[nH]2)CCCC1. The zero-order valence-corrected chi connectivity index (χ0v) is 11.4. The van der Waals surface area contributed by atoms with Gasteiger partial charge in [-0.05, 0) is 19.1 Å². The lowest BCUT2D eigenvalue weighted by Crippen LogP contribution is -2.38. The van der Waals surface area contributed by atoms with Crippen LogP contribution in [0.5, 0.6) is 0 Å². The minimum Gasteiger partial charge on any atom is -0.335 e. The van der Waals surface area contributed by atoms with Crippen LogP contribution in [0.15, 0.2) is 17.6 Å². The van der Waals surface area contributed by atoms with E-state index in [4.69, 9.17) is 0 Å². The van der Waals surface area contributed by atoms with E-state index >= 15 is 0 Å². The summed E-state index contributed by atoms with van der Waals surface area (Å²) in [6.45, 7) is 0.496. The summed E-state index contributed by atoms with van der Waals surface area (Å²) in [6.07, 6.45) is 9.28. The second-order valence-corrected chi connectivity index (χ2v) is 7.34. The molecule has 1 aromatic rings. The minimum atomic E-state index is -3.43. The Morgan fingerprint density at radius 3 is 2.76 bits per heavy atom. The summed E-state index contributed by atoms with van der Waals surface area (Å²) in [5.41, 5.74) is 0. The Morgan fingerprint density at radius 2 is 2.24 bits per heavy atom. The molecule has 1 aromatic heterocycles. The molecule has 0 amide bonds. The highest BCUT2D eigenvalue weighted by Gasteiger charge is 2.34. The number of aromatic nitrogens is 2.